The van der Waals surface area contributed by atoms with Crippen LogP contribution in [-0.2, 0) is 0 Å². The summed E-state index contributed by atoms with van der Waals surface area (Å²) in [4.78, 5) is 4.60. The number of aromatic nitrogens is 1. The van der Waals surface area contributed by atoms with Crippen LogP contribution in [0.1, 0.15) is 11.1 Å². The first-order valence-corrected chi connectivity index (χ1v) is 5.67. The summed E-state index contributed by atoms with van der Waals surface area (Å²) in [7, 11) is 1.89. The van der Waals surface area contributed by atoms with Gasteiger partial charge in [-0.15, -0.1) is 0 Å². The molecular weight excluding hydrogens is 252 g/mol. The predicted octanol–water partition coefficient (Wildman–Crippen LogP) is 3.66. The molecule has 0 amide bonds. The Morgan fingerprint density at radius 3 is 2.60 bits per heavy atom. The summed E-state index contributed by atoms with van der Waals surface area (Å²) in [6, 6.07) is 6.32. The van der Waals surface area contributed by atoms with E-state index in [0.717, 1.165) is 15.8 Å². The van der Waals surface area contributed by atoms with E-state index in [-0.39, 0.29) is 0 Å². The minimum absolute atomic E-state index is 0.939. The standard InChI is InChI=1S/C12H13BrN2/c1-7-4-5-10(13)11-9(7)6-8(2)12(14-3)15-11/h4-6H,1-3H3,(H,14,15). The highest BCUT2D eigenvalue weighted by molar-refractivity contribution is 9.10. The first-order chi connectivity index (χ1) is 7.13. The van der Waals surface area contributed by atoms with Crippen LogP contribution in [0.5, 0.6) is 0 Å². The molecular formula is C12H13BrN2. The maximum Gasteiger partial charge on any atom is 0.129 e. The zero-order valence-electron chi connectivity index (χ0n) is 9.06. The minimum atomic E-state index is 0.939. The first-order valence-electron chi connectivity index (χ1n) is 4.87. The van der Waals surface area contributed by atoms with E-state index >= 15 is 0 Å². The predicted molar refractivity (Wildman–Crippen MR) is 68.5 cm³/mol. The highest BCUT2D eigenvalue weighted by Gasteiger charge is 2.06. The second-order valence-electron chi connectivity index (χ2n) is 3.66. The van der Waals surface area contributed by atoms with Gasteiger partial charge in [-0.2, -0.15) is 0 Å². The molecule has 0 radical (unpaired) electrons. The highest BCUT2D eigenvalue weighted by atomic mass is 79.9. The van der Waals surface area contributed by atoms with Crippen LogP contribution in [0, 0.1) is 13.8 Å². The molecule has 2 nitrogen and oxygen atoms in total. The SMILES string of the molecule is CNc1nc2c(Br)ccc(C)c2cc1C. The Morgan fingerprint density at radius 1 is 1.20 bits per heavy atom. The summed E-state index contributed by atoms with van der Waals surface area (Å²) >= 11 is 3.53. The van der Waals surface area contributed by atoms with Gasteiger partial charge >= 0.3 is 0 Å². The number of rotatable bonds is 1. The maximum absolute atomic E-state index is 4.60. The van der Waals surface area contributed by atoms with Crippen molar-refractivity contribution in [1.29, 1.82) is 0 Å². The van der Waals surface area contributed by atoms with Gasteiger partial charge in [0.25, 0.3) is 0 Å². The van der Waals surface area contributed by atoms with Crippen LogP contribution in [0.4, 0.5) is 5.82 Å². The van der Waals surface area contributed by atoms with E-state index in [1.54, 1.807) is 0 Å². The van der Waals surface area contributed by atoms with E-state index in [1.807, 2.05) is 13.1 Å². The summed E-state index contributed by atoms with van der Waals surface area (Å²) in [6.07, 6.45) is 0. The summed E-state index contributed by atoms with van der Waals surface area (Å²) in [5.41, 5.74) is 3.45. The van der Waals surface area contributed by atoms with E-state index < -0.39 is 0 Å². The average molecular weight is 265 g/mol. The quantitative estimate of drug-likeness (QED) is 0.851. The second kappa shape index (κ2) is 3.81. The summed E-state index contributed by atoms with van der Waals surface area (Å²) in [5.74, 6) is 0.939. The molecule has 0 spiro atoms. The fourth-order valence-corrected chi connectivity index (χ4v) is 2.15. The van der Waals surface area contributed by atoms with E-state index in [1.165, 1.54) is 16.5 Å². The Hall–Kier alpha value is -1.09. The third-order valence-electron chi connectivity index (χ3n) is 2.58. The maximum atomic E-state index is 4.60. The van der Waals surface area contributed by atoms with Crippen molar-refractivity contribution >= 4 is 32.7 Å². The van der Waals surface area contributed by atoms with E-state index in [0.29, 0.717) is 0 Å². The van der Waals surface area contributed by atoms with Crippen LogP contribution >= 0.6 is 15.9 Å². The lowest BCUT2D eigenvalue weighted by Gasteiger charge is -2.09. The van der Waals surface area contributed by atoms with Gasteiger partial charge in [-0.05, 0) is 53.0 Å². The third-order valence-corrected chi connectivity index (χ3v) is 3.22. The fourth-order valence-electron chi connectivity index (χ4n) is 1.72. The number of nitrogens with one attached hydrogen (secondary N) is 1. The lowest BCUT2D eigenvalue weighted by atomic mass is 10.1. The van der Waals surface area contributed by atoms with Gasteiger partial charge in [0, 0.05) is 16.9 Å². The number of pyridine rings is 1. The lowest BCUT2D eigenvalue weighted by Crippen LogP contribution is -1.97. The van der Waals surface area contributed by atoms with Crippen LogP contribution in [0.25, 0.3) is 10.9 Å². The number of anilines is 1. The third kappa shape index (κ3) is 1.72. The van der Waals surface area contributed by atoms with Crippen LogP contribution in [0.15, 0.2) is 22.7 Å². The lowest BCUT2D eigenvalue weighted by molar-refractivity contribution is 1.28. The number of nitrogens with zero attached hydrogens (tertiary/aromatic N) is 1. The first kappa shape index (κ1) is 10.4. The van der Waals surface area contributed by atoms with Crippen molar-refractivity contribution in [3.05, 3.63) is 33.8 Å². The van der Waals surface area contributed by atoms with Crippen LogP contribution in [-0.4, -0.2) is 12.0 Å². The zero-order valence-corrected chi connectivity index (χ0v) is 10.6. The van der Waals surface area contributed by atoms with E-state index in [4.69, 9.17) is 0 Å². The molecule has 0 bridgehead atoms. The molecule has 1 aromatic carbocycles. The summed E-state index contributed by atoms with van der Waals surface area (Å²) in [6.45, 7) is 4.17. The molecule has 0 atom stereocenters. The Kier molecular flexibility index (Phi) is 2.65. The molecule has 2 rings (SSSR count). The molecule has 15 heavy (non-hydrogen) atoms. The molecule has 0 aliphatic carbocycles. The molecule has 0 saturated carbocycles. The van der Waals surface area contributed by atoms with Gasteiger partial charge in [0.2, 0.25) is 0 Å². The number of benzene rings is 1. The monoisotopic (exact) mass is 264 g/mol. The largest absolute Gasteiger partial charge is 0.373 e. The Balaban J connectivity index is 2.86. The smallest absolute Gasteiger partial charge is 0.129 e. The molecule has 0 unspecified atom stereocenters. The van der Waals surface area contributed by atoms with Gasteiger partial charge < -0.3 is 5.32 Å². The topological polar surface area (TPSA) is 24.9 Å². The minimum Gasteiger partial charge on any atom is -0.373 e. The summed E-state index contributed by atoms with van der Waals surface area (Å²) in [5, 5.41) is 4.31. The molecule has 2 aromatic rings. The van der Waals surface area contributed by atoms with Gasteiger partial charge in [0.05, 0.1) is 5.52 Å². The van der Waals surface area contributed by atoms with Crippen molar-refractivity contribution < 1.29 is 0 Å². The number of fused-ring (bicyclic) bond motifs is 1. The second-order valence-corrected chi connectivity index (χ2v) is 4.52. The van der Waals surface area contributed by atoms with Crippen molar-refractivity contribution in [2.45, 2.75) is 13.8 Å². The summed E-state index contributed by atoms with van der Waals surface area (Å²) < 4.78 is 1.04. The molecule has 0 aliphatic heterocycles. The van der Waals surface area contributed by atoms with Crippen LogP contribution < -0.4 is 5.32 Å². The number of hydrogen-bond acceptors (Lipinski definition) is 2. The molecule has 1 heterocycles. The zero-order chi connectivity index (χ0) is 11.0. The van der Waals surface area contributed by atoms with E-state index in [9.17, 15) is 0 Å². The van der Waals surface area contributed by atoms with E-state index in [2.05, 4.69) is 52.2 Å². The van der Waals surface area contributed by atoms with Crippen molar-refractivity contribution in [3.8, 4) is 0 Å². The van der Waals surface area contributed by atoms with Gasteiger partial charge in [-0.25, -0.2) is 4.98 Å². The number of halogens is 1. The molecule has 1 N–H and O–H groups in total. The average Bonchev–Trinajstić information content (AvgIpc) is 2.23. The van der Waals surface area contributed by atoms with Gasteiger partial charge in [0.15, 0.2) is 0 Å². The van der Waals surface area contributed by atoms with Crippen LogP contribution in [0.2, 0.25) is 0 Å². The van der Waals surface area contributed by atoms with Gasteiger partial charge in [-0.1, -0.05) is 6.07 Å². The van der Waals surface area contributed by atoms with Crippen LogP contribution in [0.3, 0.4) is 0 Å². The normalized spacial score (nSPS) is 10.7. The molecule has 3 heteroatoms. The Bertz CT molecular complexity index is 521. The highest BCUT2D eigenvalue weighted by Crippen LogP contribution is 2.28. The molecule has 0 saturated heterocycles. The van der Waals surface area contributed by atoms with Crippen molar-refractivity contribution in [2.24, 2.45) is 0 Å². The van der Waals surface area contributed by atoms with Gasteiger partial charge in [0.1, 0.15) is 5.82 Å². The molecule has 0 aliphatic rings. The Morgan fingerprint density at radius 2 is 1.93 bits per heavy atom. The fraction of sp³-hybridized carbons (Fsp3) is 0.250. The molecule has 1 aromatic heterocycles. The number of hydrogen-bond donors (Lipinski definition) is 1. The van der Waals surface area contributed by atoms with Gasteiger partial charge in [-0.3, -0.25) is 0 Å². The number of aryl methyl sites for hydroxylation is 2. The van der Waals surface area contributed by atoms with Crippen molar-refractivity contribution in [3.63, 3.8) is 0 Å². The van der Waals surface area contributed by atoms with Crippen molar-refractivity contribution in [1.82, 2.24) is 4.98 Å². The molecule has 78 valence electrons. The molecule has 0 fully saturated rings. The van der Waals surface area contributed by atoms with Crippen molar-refractivity contribution in [2.75, 3.05) is 12.4 Å². The Labute approximate surface area is 97.8 Å².